The number of para-hydroxylation sites is 1. The number of aryl methyl sites for hydroxylation is 2. The fourth-order valence-electron chi connectivity index (χ4n) is 10.7. The van der Waals surface area contributed by atoms with Gasteiger partial charge in [-0.3, -0.25) is 23.9 Å². The third-order valence-corrected chi connectivity index (χ3v) is 18.7. The molecule has 4 amide bonds. The quantitative estimate of drug-likeness (QED) is 0.0420. The third-order valence-electron chi connectivity index (χ3n) is 15.4. The van der Waals surface area contributed by atoms with Gasteiger partial charge in [0, 0.05) is 49.8 Å². The Morgan fingerprint density at radius 2 is 1.65 bits per heavy atom. The van der Waals surface area contributed by atoms with Crippen LogP contribution < -0.4 is 25.6 Å². The molecule has 0 spiro atoms. The zero-order valence-corrected chi connectivity index (χ0v) is 50.2. The van der Waals surface area contributed by atoms with Crippen molar-refractivity contribution in [3.8, 4) is 21.6 Å². The summed E-state index contributed by atoms with van der Waals surface area (Å²) in [6, 6.07) is 18.7. The summed E-state index contributed by atoms with van der Waals surface area (Å²) in [6.07, 6.45) is 7.39. The van der Waals surface area contributed by atoms with E-state index in [0.717, 1.165) is 62.6 Å². The Bertz CT molecular complexity index is 3520. The second-order valence-corrected chi connectivity index (χ2v) is 26.5. The van der Waals surface area contributed by atoms with Gasteiger partial charge in [0.2, 0.25) is 27.7 Å². The van der Waals surface area contributed by atoms with E-state index >= 15 is 0 Å². The molecule has 0 radical (unpaired) electrons. The van der Waals surface area contributed by atoms with Gasteiger partial charge in [-0.15, -0.1) is 21.5 Å². The number of carbonyl (C=O) groups is 4. The second kappa shape index (κ2) is 25.5. The number of sulfonamides is 1. The Morgan fingerprint density at radius 3 is 2.35 bits per heavy atom. The van der Waals surface area contributed by atoms with Gasteiger partial charge in [-0.05, 0) is 112 Å². The van der Waals surface area contributed by atoms with E-state index in [1.54, 1.807) is 47.1 Å². The molecule has 2 fully saturated rings. The number of hydrogen-bond donors (Lipinski definition) is 5. The van der Waals surface area contributed by atoms with Crippen molar-refractivity contribution in [3.05, 3.63) is 107 Å². The maximum absolute atomic E-state index is 14.3. The van der Waals surface area contributed by atoms with Gasteiger partial charge in [0.25, 0.3) is 5.91 Å². The SMILES string of the molecule is Cc1cc(N(C)c2ccc(-c3cnn(CC4CCCCC4)c3C)c(C(=O)NS(=O)(=O)CCCCCC(=O)N[C@H](C(=O)N3C[C@H](O)C[C@H]3C(=O)N[C@@H](C)c3ccc(-c4scnc4C)cc3)C(C)(C)C)n2)nnc1Nc1nc2ccccc2s1. The molecule has 82 heavy (non-hydrogen) atoms. The number of unbranched alkanes of at least 4 members (excludes halogenated alkanes) is 2. The predicted molar refractivity (Wildman–Crippen MR) is 321 cm³/mol. The van der Waals surface area contributed by atoms with Crippen molar-refractivity contribution in [2.75, 3.05) is 29.6 Å². The van der Waals surface area contributed by atoms with Crippen LogP contribution in [0.25, 0.3) is 31.8 Å². The van der Waals surface area contributed by atoms with Crippen molar-refractivity contribution < 1.29 is 32.7 Å². The fraction of sp³-hybridized carbons (Fsp3) is 0.458. The van der Waals surface area contributed by atoms with Crippen LogP contribution in [0.1, 0.15) is 131 Å². The molecule has 1 saturated carbocycles. The lowest BCUT2D eigenvalue weighted by Gasteiger charge is -2.35. The lowest BCUT2D eigenvalue weighted by molar-refractivity contribution is -0.144. The van der Waals surface area contributed by atoms with E-state index in [9.17, 15) is 32.7 Å². The van der Waals surface area contributed by atoms with Crippen LogP contribution in [-0.2, 0) is 31.0 Å². The Kier molecular flexibility index (Phi) is 18.5. The molecule has 2 aliphatic rings. The van der Waals surface area contributed by atoms with E-state index < -0.39 is 69.0 Å². The molecule has 6 heterocycles. The molecule has 1 aliphatic carbocycles. The number of thiazole rings is 2. The predicted octanol–water partition coefficient (Wildman–Crippen LogP) is 9.48. The smallest absolute Gasteiger partial charge is 0.284 e. The summed E-state index contributed by atoms with van der Waals surface area (Å²) in [4.78, 5) is 73.8. The third kappa shape index (κ3) is 14.2. The first-order valence-electron chi connectivity index (χ1n) is 28.0. The van der Waals surface area contributed by atoms with Crippen molar-refractivity contribution in [2.24, 2.45) is 11.3 Å². The number of carbonyl (C=O) groups excluding carboxylic acids is 4. The largest absolute Gasteiger partial charge is 0.391 e. The van der Waals surface area contributed by atoms with Crippen LogP contribution in [-0.4, -0.2) is 115 Å². The number of benzene rings is 2. The highest BCUT2D eigenvalue weighted by Crippen LogP contribution is 2.35. The van der Waals surface area contributed by atoms with Gasteiger partial charge in [0.05, 0.1) is 50.4 Å². The van der Waals surface area contributed by atoms with Crippen molar-refractivity contribution >= 4 is 89.1 Å². The molecule has 23 heteroatoms. The van der Waals surface area contributed by atoms with Gasteiger partial charge < -0.3 is 30.9 Å². The number of β-amino-alcohol motifs (C(OH)–C–C–N with tert-alkyl or cyclic N) is 1. The lowest BCUT2D eigenvalue weighted by atomic mass is 9.85. The number of anilines is 4. The van der Waals surface area contributed by atoms with Crippen molar-refractivity contribution in [2.45, 2.75) is 143 Å². The highest BCUT2D eigenvalue weighted by molar-refractivity contribution is 7.90. The summed E-state index contributed by atoms with van der Waals surface area (Å²) in [5.74, 6) is -0.855. The van der Waals surface area contributed by atoms with E-state index in [2.05, 4.69) is 40.8 Å². The first kappa shape index (κ1) is 59.4. The highest BCUT2D eigenvalue weighted by atomic mass is 32.2. The summed E-state index contributed by atoms with van der Waals surface area (Å²) in [5, 5.41) is 34.3. The molecule has 0 bridgehead atoms. The summed E-state index contributed by atoms with van der Waals surface area (Å²) >= 11 is 3.06. The zero-order valence-electron chi connectivity index (χ0n) is 47.7. The average molecular weight is 1170 g/mol. The maximum atomic E-state index is 14.3. The Morgan fingerprint density at radius 1 is 0.890 bits per heavy atom. The minimum Gasteiger partial charge on any atom is -0.391 e. The van der Waals surface area contributed by atoms with E-state index in [1.165, 1.54) is 35.5 Å². The fourth-order valence-corrected chi connectivity index (χ4v) is 13.4. The van der Waals surface area contributed by atoms with E-state index in [-0.39, 0.29) is 31.5 Å². The summed E-state index contributed by atoms with van der Waals surface area (Å²) < 4.78 is 32.7. The monoisotopic (exact) mass is 1170 g/mol. The molecule has 4 atom stereocenters. The molecule has 2 aromatic carbocycles. The molecule has 0 unspecified atom stereocenters. The van der Waals surface area contributed by atoms with Gasteiger partial charge in [-0.1, -0.05) is 94.2 Å². The minimum atomic E-state index is -4.21. The van der Waals surface area contributed by atoms with Gasteiger partial charge in [-0.2, -0.15) is 5.10 Å². The first-order chi connectivity index (χ1) is 39.1. The normalized spacial score (nSPS) is 16.7. The molecule has 1 saturated heterocycles. The van der Waals surface area contributed by atoms with E-state index in [4.69, 9.17) is 10.1 Å². The minimum absolute atomic E-state index is 0.00859. The Balaban J connectivity index is 0.817. The first-order valence-corrected chi connectivity index (χ1v) is 31.3. The summed E-state index contributed by atoms with van der Waals surface area (Å²) in [6.45, 7) is 13.8. The Hall–Kier alpha value is -7.21. The van der Waals surface area contributed by atoms with Crippen LogP contribution >= 0.6 is 22.7 Å². The molecule has 20 nitrogen and oxygen atoms in total. The summed E-state index contributed by atoms with van der Waals surface area (Å²) in [7, 11) is -2.47. The number of aliphatic hydroxyl groups excluding tert-OH is 1. The molecule has 7 aromatic rings. The number of rotatable bonds is 21. The number of pyridine rings is 1. The number of aromatic nitrogens is 7. The number of nitrogens with one attached hydrogen (secondary N) is 4. The van der Waals surface area contributed by atoms with E-state index in [0.29, 0.717) is 52.5 Å². The van der Waals surface area contributed by atoms with Gasteiger partial charge in [-0.25, -0.2) is 28.1 Å². The molecular formula is C59H73N13O7S3. The second-order valence-electron chi connectivity index (χ2n) is 22.7. The van der Waals surface area contributed by atoms with E-state index in [1.807, 2.05) is 108 Å². The number of aliphatic hydroxyl groups is 1. The van der Waals surface area contributed by atoms with Crippen LogP contribution in [0.5, 0.6) is 0 Å². The molecule has 1 aliphatic heterocycles. The summed E-state index contributed by atoms with van der Waals surface area (Å²) in [5.41, 5.74) is 7.32. The maximum Gasteiger partial charge on any atom is 0.284 e. The van der Waals surface area contributed by atoms with Crippen LogP contribution in [0.15, 0.2) is 78.4 Å². The zero-order chi connectivity index (χ0) is 58.5. The number of fused-ring (bicyclic) bond motifs is 1. The van der Waals surface area contributed by atoms with Crippen LogP contribution in [0.3, 0.4) is 0 Å². The molecular weight excluding hydrogens is 1100 g/mol. The van der Waals surface area contributed by atoms with Crippen molar-refractivity contribution in [1.29, 1.82) is 0 Å². The highest BCUT2D eigenvalue weighted by Gasteiger charge is 2.45. The van der Waals surface area contributed by atoms with Crippen LogP contribution in [0.4, 0.5) is 22.6 Å². The topological polar surface area (TPSA) is 260 Å². The number of amides is 4. The lowest BCUT2D eigenvalue weighted by Crippen LogP contribution is -2.57. The van der Waals surface area contributed by atoms with Crippen molar-refractivity contribution in [3.63, 3.8) is 0 Å². The Labute approximate surface area is 487 Å². The van der Waals surface area contributed by atoms with Gasteiger partial charge >= 0.3 is 0 Å². The van der Waals surface area contributed by atoms with Crippen LogP contribution in [0, 0.1) is 32.1 Å². The van der Waals surface area contributed by atoms with Gasteiger partial charge in [0.1, 0.15) is 23.6 Å². The number of nitrogens with zero attached hydrogens (tertiary/aromatic N) is 9. The number of hydrogen-bond acceptors (Lipinski definition) is 17. The molecule has 5 aromatic heterocycles. The average Bonchev–Trinajstić information content (AvgIpc) is 4.38. The molecule has 9 rings (SSSR count). The molecule has 434 valence electrons. The van der Waals surface area contributed by atoms with Gasteiger partial charge in [0.15, 0.2) is 16.8 Å². The number of likely N-dealkylation sites (tertiary alicyclic amines) is 1. The molecule has 5 N–H and O–H groups in total. The van der Waals surface area contributed by atoms with Crippen molar-refractivity contribution in [1.82, 2.24) is 55.2 Å². The van der Waals surface area contributed by atoms with Crippen LogP contribution in [0.2, 0.25) is 0 Å². The standard InChI is InChI=1S/C59H73N13O7S3/c1-35-29-49(67-68-54(35)66-58-63-45-19-14-15-20-47(45)81-58)70(8)48-27-26-43(44-31-61-72(38(44)4)32-39-17-11-9-12-18-39)51(64-48)56(76)69-82(78,79)28-16-10-13-21-50(74)65-53(59(5,6)7)57(77)71-33-42(73)30-46(71)55(75)62-36(2)40-22-24-41(25-23-40)52-37(3)60-34-80-52/h14-15,19-20,22-27,29,31,34,36,39,42,46,53,73H,9-13,16-18,21,28,30,32-33H2,1-8H3,(H,62,75)(H,65,74)(H,69,76)(H,63,66,68)/t36-,42+,46-,53+/m0/s1.